The van der Waals surface area contributed by atoms with Crippen molar-refractivity contribution in [3.63, 3.8) is 0 Å². The molecule has 0 radical (unpaired) electrons. The normalized spacial score (nSPS) is 14.2. The smallest absolute Gasteiger partial charge is 0.549 e. The number of nitrogens with one attached hydrogen (secondary N) is 1. The average Bonchev–Trinajstić information content (AvgIpc) is 2.83. The Labute approximate surface area is 235 Å². The van der Waals surface area contributed by atoms with Crippen LogP contribution in [0.1, 0.15) is 33.8 Å². The Morgan fingerprint density at radius 3 is 2.54 bits per heavy atom. The summed E-state index contributed by atoms with van der Waals surface area (Å²) in [6, 6.07) is 18.1. The van der Waals surface area contributed by atoms with Crippen LogP contribution in [0.15, 0.2) is 65.6 Å². The molecule has 9 heteroatoms. The molecule has 0 aliphatic carbocycles. The van der Waals surface area contributed by atoms with Crippen LogP contribution in [-0.2, 0) is 4.79 Å². The molecule has 0 fully saturated rings. The number of amides is 1. The Bertz CT molecular complexity index is 1190. The minimum Gasteiger partial charge on any atom is -0.549 e. The van der Waals surface area contributed by atoms with E-state index in [2.05, 4.69) is 36.5 Å². The summed E-state index contributed by atoms with van der Waals surface area (Å²) in [6.07, 6.45) is 0.333. The molecule has 3 aromatic rings. The van der Waals surface area contributed by atoms with Gasteiger partial charge in [0, 0.05) is 46.3 Å². The minimum absolute atomic E-state index is 0. The van der Waals surface area contributed by atoms with Crippen LogP contribution in [-0.4, -0.2) is 30.8 Å². The van der Waals surface area contributed by atoms with E-state index in [0.717, 1.165) is 5.75 Å². The SMILES string of the molecule is Cc1ccc(SCCNC(=O)c2ccc(Oc3cc4c(cc3Cl)C(C(=O)[O-])CCO4)cc2)cc1.[Na+]. The van der Waals surface area contributed by atoms with Crippen LogP contribution in [0, 0.1) is 6.92 Å². The van der Waals surface area contributed by atoms with Crippen molar-refractivity contribution in [3.05, 3.63) is 82.4 Å². The third-order valence-corrected chi connectivity index (χ3v) is 6.72. The van der Waals surface area contributed by atoms with Crippen LogP contribution in [0.2, 0.25) is 5.02 Å². The number of carbonyl (C=O) groups excluding carboxylic acids is 2. The zero-order chi connectivity index (χ0) is 24.1. The van der Waals surface area contributed by atoms with Crippen molar-refractivity contribution < 1.29 is 53.7 Å². The maximum Gasteiger partial charge on any atom is 1.00 e. The Morgan fingerprint density at radius 1 is 1.14 bits per heavy atom. The molecule has 0 aromatic heterocycles. The van der Waals surface area contributed by atoms with Crippen LogP contribution < -0.4 is 49.5 Å². The third-order valence-electron chi connectivity index (χ3n) is 5.41. The maximum absolute atomic E-state index is 12.4. The second-order valence-corrected chi connectivity index (χ2v) is 9.45. The quantitative estimate of drug-likeness (QED) is 0.276. The third kappa shape index (κ3) is 7.18. The van der Waals surface area contributed by atoms with Gasteiger partial charge in [-0.15, -0.1) is 11.8 Å². The van der Waals surface area contributed by atoms with Gasteiger partial charge in [0.2, 0.25) is 0 Å². The van der Waals surface area contributed by atoms with Crippen molar-refractivity contribution in [2.24, 2.45) is 0 Å². The van der Waals surface area contributed by atoms with Crippen molar-refractivity contribution in [1.82, 2.24) is 5.32 Å². The van der Waals surface area contributed by atoms with E-state index in [4.69, 9.17) is 21.1 Å². The van der Waals surface area contributed by atoms with E-state index in [9.17, 15) is 14.7 Å². The van der Waals surface area contributed by atoms with Crippen LogP contribution >= 0.6 is 23.4 Å². The van der Waals surface area contributed by atoms with E-state index >= 15 is 0 Å². The summed E-state index contributed by atoms with van der Waals surface area (Å²) >= 11 is 8.01. The van der Waals surface area contributed by atoms with Crippen LogP contribution in [0.5, 0.6) is 17.2 Å². The standard InChI is InChI=1S/C26H24ClNO5S.Na/c1-16-2-8-19(9-3-16)34-13-11-28-25(29)17-4-6-18(7-5-17)33-24-15-23-21(14-22(24)27)20(26(30)31)10-12-32-23;/h2-9,14-15,20H,10-13H2,1H3,(H,28,29)(H,30,31);/q;+1/p-1. The first-order valence-corrected chi connectivity index (χ1v) is 12.2. The summed E-state index contributed by atoms with van der Waals surface area (Å²) < 4.78 is 11.4. The van der Waals surface area contributed by atoms with E-state index in [1.165, 1.54) is 10.5 Å². The summed E-state index contributed by atoms with van der Waals surface area (Å²) in [5.41, 5.74) is 2.22. The van der Waals surface area contributed by atoms with E-state index in [0.29, 0.717) is 41.3 Å². The molecule has 35 heavy (non-hydrogen) atoms. The number of carbonyl (C=O) groups is 2. The molecular formula is C26H23ClNNaO5S. The number of fused-ring (bicyclic) bond motifs is 1. The number of ether oxygens (including phenoxy) is 2. The van der Waals surface area contributed by atoms with Gasteiger partial charge in [-0.3, -0.25) is 4.79 Å². The molecule has 1 amide bonds. The van der Waals surface area contributed by atoms with Gasteiger partial charge in [0.05, 0.1) is 11.6 Å². The summed E-state index contributed by atoms with van der Waals surface area (Å²) in [6.45, 7) is 2.88. The van der Waals surface area contributed by atoms with E-state index in [1.807, 2.05) is 0 Å². The molecule has 1 N–H and O–H groups in total. The molecule has 0 spiro atoms. The molecule has 1 heterocycles. The van der Waals surface area contributed by atoms with Crippen molar-refractivity contribution in [1.29, 1.82) is 0 Å². The second-order valence-electron chi connectivity index (χ2n) is 7.87. The largest absolute Gasteiger partial charge is 1.00 e. The number of carboxylic acid groups (broad SMARTS) is 1. The van der Waals surface area contributed by atoms with Crippen molar-refractivity contribution in [3.8, 4) is 17.2 Å². The zero-order valence-electron chi connectivity index (χ0n) is 19.5. The number of aliphatic carboxylic acids is 1. The number of rotatable bonds is 8. The van der Waals surface area contributed by atoms with Gasteiger partial charge in [-0.05, 0) is 55.8 Å². The Morgan fingerprint density at radius 2 is 1.86 bits per heavy atom. The van der Waals surface area contributed by atoms with Gasteiger partial charge in [0.25, 0.3) is 5.91 Å². The topological polar surface area (TPSA) is 87.7 Å². The van der Waals surface area contributed by atoms with Gasteiger partial charge in [-0.1, -0.05) is 29.3 Å². The number of carboxylic acids is 1. The number of aryl methyl sites for hydroxylation is 1. The second kappa shape index (κ2) is 12.7. The summed E-state index contributed by atoms with van der Waals surface area (Å²) in [5.74, 6) is -0.0669. The van der Waals surface area contributed by atoms with Crippen LogP contribution in [0.3, 0.4) is 0 Å². The minimum atomic E-state index is -1.16. The first-order chi connectivity index (χ1) is 16.4. The molecule has 0 saturated heterocycles. The van der Waals surface area contributed by atoms with E-state index < -0.39 is 11.9 Å². The molecular weight excluding hydrogens is 497 g/mol. The van der Waals surface area contributed by atoms with Crippen molar-refractivity contribution in [2.75, 3.05) is 18.9 Å². The Hall–Kier alpha value is -2.16. The predicted octanol–water partition coefficient (Wildman–Crippen LogP) is 1.58. The zero-order valence-corrected chi connectivity index (χ0v) is 23.1. The molecule has 0 bridgehead atoms. The number of halogens is 1. The maximum atomic E-state index is 12.4. The molecule has 1 unspecified atom stereocenters. The summed E-state index contributed by atoms with van der Waals surface area (Å²) in [4.78, 5) is 25.0. The van der Waals surface area contributed by atoms with Crippen LogP contribution in [0.25, 0.3) is 0 Å². The molecule has 1 aliphatic heterocycles. The monoisotopic (exact) mass is 519 g/mol. The average molecular weight is 520 g/mol. The van der Waals surface area contributed by atoms with Crippen molar-refractivity contribution >= 4 is 35.2 Å². The van der Waals surface area contributed by atoms with Gasteiger partial charge in [0.1, 0.15) is 17.2 Å². The first kappa shape index (κ1) is 27.4. The predicted molar refractivity (Wildman–Crippen MR) is 130 cm³/mol. The fraction of sp³-hybridized carbons (Fsp3) is 0.231. The molecule has 6 nitrogen and oxygen atoms in total. The molecule has 4 rings (SSSR count). The van der Waals surface area contributed by atoms with Gasteiger partial charge in [-0.2, -0.15) is 0 Å². The number of hydrogen-bond acceptors (Lipinski definition) is 6. The Balaban J connectivity index is 0.00000342. The summed E-state index contributed by atoms with van der Waals surface area (Å²) in [5, 5.41) is 14.6. The van der Waals surface area contributed by atoms with E-state index in [1.54, 1.807) is 48.2 Å². The molecule has 3 aromatic carbocycles. The molecule has 1 atom stereocenters. The molecule has 0 saturated carbocycles. The number of thioether (sulfide) groups is 1. The van der Waals surface area contributed by atoms with E-state index in [-0.39, 0.29) is 47.1 Å². The molecule has 176 valence electrons. The fourth-order valence-electron chi connectivity index (χ4n) is 3.58. The van der Waals surface area contributed by atoms with Gasteiger partial charge >= 0.3 is 29.6 Å². The van der Waals surface area contributed by atoms with Gasteiger partial charge in [0.15, 0.2) is 0 Å². The van der Waals surface area contributed by atoms with Crippen molar-refractivity contribution in [2.45, 2.75) is 24.2 Å². The number of hydrogen-bond donors (Lipinski definition) is 1. The Kier molecular flexibility index (Phi) is 9.95. The van der Waals surface area contributed by atoms with Gasteiger partial charge < -0.3 is 24.7 Å². The molecule has 1 aliphatic rings. The van der Waals surface area contributed by atoms with Crippen LogP contribution in [0.4, 0.5) is 0 Å². The number of benzene rings is 3. The van der Waals surface area contributed by atoms with Gasteiger partial charge in [-0.25, -0.2) is 0 Å². The first-order valence-electron chi connectivity index (χ1n) is 10.8. The fourth-order valence-corrected chi connectivity index (χ4v) is 4.56. The summed E-state index contributed by atoms with van der Waals surface area (Å²) in [7, 11) is 0.